The molecule has 0 atom stereocenters. The topological polar surface area (TPSA) is 75.6 Å². The van der Waals surface area contributed by atoms with E-state index in [4.69, 9.17) is 5.73 Å². The second-order valence-corrected chi connectivity index (χ2v) is 5.62. The third kappa shape index (κ3) is 4.80. The van der Waals surface area contributed by atoms with E-state index in [1.807, 2.05) is 11.6 Å². The summed E-state index contributed by atoms with van der Waals surface area (Å²) in [5, 5.41) is 4.12. The minimum absolute atomic E-state index is 0. The van der Waals surface area contributed by atoms with Crippen molar-refractivity contribution < 1.29 is 4.39 Å². The third-order valence-electron chi connectivity index (χ3n) is 4.17. The fraction of sp³-hybridized carbons (Fsp3) is 0.438. The number of piperazine rings is 1. The van der Waals surface area contributed by atoms with E-state index in [9.17, 15) is 4.39 Å². The number of guanidine groups is 1. The van der Waals surface area contributed by atoms with Crippen LogP contribution in [0.15, 0.2) is 35.6 Å². The molecule has 2 aromatic rings. The van der Waals surface area contributed by atoms with Crippen molar-refractivity contribution in [3.63, 3.8) is 0 Å². The molecule has 0 spiro atoms. The Kier molecular flexibility index (Phi) is 6.97. The second kappa shape index (κ2) is 8.97. The molecule has 9 heteroatoms. The number of hydrogen-bond donors (Lipinski definition) is 1. The van der Waals surface area contributed by atoms with Crippen LogP contribution in [0.3, 0.4) is 0 Å². The zero-order chi connectivity index (χ0) is 16.9. The van der Waals surface area contributed by atoms with Gasteiger partial charge in [-0.2, -0.15) is 5.10 Å². The lowest BCUT2D eigenvalue weighted by Crippen LogP contribution is -2.51. The maximum Gasteiger partial charge on any atom is 0.191 e. The average molecular weight is 459 g/mol. The number of hydrogen-bond acceptors (Lipinski definition) is 4. The Morgan fingerprint density at radius 3 is 2.52 bits per heavy atom. The molecule has 0 unspecified atom stereocenters. The van der Waals surface area contributed by atoms with Crippen LogP contribution in [-0.2, 0) is 13.1 Å². The predicted molar refractivity (Wildman–Crippen MR) is 107 cm³/mol. The Balaban J connectivity index is 0.00000225. The van der Waals surface area contributed by atoms with E-state index in [2.05, 4.69) is 24.9 Å². The fourth-order valence-electron chi connectivity index (χ4n) is 2.77. The summed E-state index contributed by atoms with van der Waals surface area (Å²) in [6.45, 7) is 6.43. The largest absolute Gasteiger partial charge is 0.370 e. The molecule has 25 heavy (non-hydrogen) atoms. The molecular formula is C16H23FIN7. The molecule has 0 amide bonds. The lowest BCUT2D eigenvalue weighted by atomic mass is 10.2. The maximum absolute atomic E-state index is 13.0. The first kappa shape index (κ1) is 19.4. The summed E-state index contributed by atoms with van der Waals surface area (Å²) in [4.78, 5) is 12.9. The van der Waals surface area contributed by atoms with E-state index < -0.39 is 0 Å². The van der Waals surface area contributed by atoms with Gasteiger partial charge in [0.1, 0.15) is 24.5 Å². The highest BCUT2D eigenvalue weighted by molar-refractivity contribution is 14.0. The van der Waals surface area contributed by atoms with Gasteiger partial charge in [0.25, 0.3) is 0 Å². The van der Waals surface area contributed by atoms with Gasteiger partial charge >= 0.3 is 0 Å². The smallest absolute Gasteiger partial charge is 0.191 e. The van der Waals surface area contributed by atoms with E-state index in [0.717, 1.165) is 44.2 Å². The van der Waals surface area contributed by atoms with Crippen LogP contribution < -0.4 is 10.6 Å². The van der Waals surface area contributed by atoms with Crippen molar-refractivity contribution in [3.8, 4) is 0 Å². The Morgan fingerprint density at radius 2 is 1.88 bits per heavy atom. The number of aromatic nitrogens is 3. The molecule has 1 aliphatic heterocycles. The van der Waals surface area contributed by atoms with Crippen LogP contribution in [0.1, 0.15) is 12.7 Å². The van der Waals surface area contributed by atoms with Gasteiger partial charge in [-0.1, -0.05) is 0 Å². The summed E-state index contributed by atoms with van der Waals surface area (Å²) in [6, 6.07) is 6.59. The van der Waals surface area contributed by atoms with Crippen molar-refractivity contribution in [2.45, 2.75) is 20.0 Å². The average Bonchev–Trinajstić information content (AvgIpc) is 3.08. The SMILES string of the molecule is CCn1ncnc1CN=C(N)N1CCN(c2ccc(F)cc2)CC1.I. The van der Waals surface area contributed by atoms with Crippen molar-refractivity contribution in [2.75, 3.05) is 31.1 Å². The molecule has 2 heterocycles. The molecule has 1 aromatic heterocycles. The van der Waals surface area contributed by atoms with Gasteiger partial charge in [-0.25, -0.2) is 19.0 Å². The van der Waals surface area contributed by atoms with Crippen LogP contribution in [0.4, 0.5) is 10.1 Å². The van der Waals surface area contributed by atoms with E-state index in [-0.39, 0.29) is 29.8 Å². The maximum atomic E-state index is 13.0. The number of aryl methyl sites for hydroxylation is 1. The van der Waals surface area contributed by atoms with Crippen molar-refractivity contribution >= 4 is 35.6 Å². The van der Waals surface area contributed by atoms with Gasteiger partial charge in [-0.05, 0) is 31.2 Å². The first-order chi connectivity index (χ1) is 11.7. The van der Waals surface area contributed by atoms with Crippen molar-refractivity contribution in [2.24, 2.45) is 10.7 Å². The summed E-state index contributed by atoms with van der Waals surface area (Å²) in [7, 11) is 0. The van der Waals surface area contributed by atoms with E-state index in [1.54, 1.807) is 12.1 Å². The van der Waals surface area contributed by atoms with Gasteiger partial charge < -0.3 is 15.5 Å². The van der Waals surface area contributed by atoms with E-state index >= 15 is 0 Å². The molecule has 2 N–H and O–H groups in total. The van der Waals surface area contributed by atoms with E-state index in [1.165, 1.54) is 18.5 Å². The Bertz CT molecular complexity index is 693. The zero-order valence-corrected chi connectivity index (χ0v) is 16.5. The molecule has 136 valence electrons. The number of anilines is 1. The minimum atomic E-state index is -0.214. The second-order valence-electron chi connectivity index (χ2n) is 5.62. The van der Waals surface area contributed by atoms with Crippen molar-refractivity contribution in [3.05, 3.63) is 42.2 Å². The Labute approximate surface area is 163 Å². The van der Waals surface area contributed by atoms with Gasteiger partial charge in [0.2, 0.25) is 0 Å². The molecule has 0 aliphatic carbocycles. The fourth-order valence-corrected chi connectivity index (χ4v) is 2.77. The van der Waals surface area contributed by atoms with Crippen LogP contribution in [0, 0.1) is 5.82 Å². The predicted octanol–water partition coefficient (Wildman–Crippen LogP) is 1.69. The molecule has 1 saturated heterocycles. The highest BCUT2D eigenvalue weighted by Gasteiger charge is 2.18. The highest BCUT2D eigenvalue weighted by Crippen LogP contribution is 2.16. The molecule has 0 radical (unpaired) electrons. The lowest BCUT2D eigenvalue weighted by Gasteiger charge is -2.36. The van der Waals surface area contributed by atoms with Gasteiger partial charge in [0, 0.05) is 38.4 Å². The zero-order valence-electron chi connectivity index (χ0n) is 14.2. The molecule has 0 bridgehead atoms. The number of halogens is 2. The number of rotatable bonds is 4. The molecule has 7 nitrogen and oxygen atoms in total. The van der Waals surface area contributed by atoms with Gasteiger partial charge in [-0.15, -0.1) is 24.0 Å². The van der Waals surface area contributed by atoms with Crippen LogP contribution in [-0.4, -0.2) is 51.8 Å². The minimum Gasteiger partial charge on any atom is -0.370 e. The standard InChI is InChI=1S/C16H22FN7.HI/c1-2-24-15(20-12-21-24)11-19-16(18)23-9-7-22(8-10-23)14-5-3-13(17)4-6-14;/h3-6,12H,2,7-11H2,1H3,(H2,18,19);1H. The summed E-state index contributed by atoms with van der Waals surface area (Å²) in [6.07, 6.45) is 1.53. The van der Waals surface area contributed by atoms with Crippen molar-refractivity contribution in [1.82, 2.24) is 19.7 Å². The summed E-state index contributed by atoms with van der Waals surface area (Å²) in [5.41, 5.74) is 7.14. The quantitative estimate of drug-likeness (QED) is 0.428. The Morgan fingerprint density at radius 1 is 1.20 bits per heavy atom. The molecular weight excluding hydrogens is 436 g/mol. The first-order valence-electron chi connectivity index (χ1n) is 8.09. The Hall–Kier alpha value is -1.91. The molecule has 1 aromatic carbocycles. The lowest BCUT2D eigenvalue weighted by molar-refractivity contribution is 0.380. The third-order valence-corrected chi connectivity index (χ3v) is 4.17. The number of benzene rings is 1. The normalized spacial score (nSPS) is 15.2. The molecule has 0 saturated carbocycles. The van der Waals surface area contributed by atoms with Crippen LogP contribution in [0.25, 0.3) is 0 Å². The summed E-state index contributed by atoms with van der Waals surface area (Å²) in [5.74, 6) is 1.12. The molecule has 3 rings (SSSR count). The summed E-state index contributed by atoms with van der Waals surface area (Å²) >= 11 is 0. The van der Waals surface area contributed by atoms with Crippen molar-refractivity contribution in [1.29, 1.82) is 0 Å². The van der Waals surface area contributed by atoms with Gasteiger partial charge in [0.15, 0.2) is 5.96 Å². The van der Waals surface area contributed by atoms with Gasteiger partial charge in [-0.3, -0.25) is 0 Å². The number of aliphatic imine (C=N–C) groups is 1. The molecule has 1 fully saturated rings. The van der Waals surface area contributed by atoms with Crippen LogP contribution in [0.2, 0.25) is 0 Å². The summed E-state index contributed by atoms with van der Waals surface area (Å²) < 4.78 is 14.8. The van der Waals surface area contributed by atoms with E-state index in [0.29, 0.717) is 12.5 Å². The van der Waals surface area contributed by atoms with Crippen LogP contribution >= 0.6 is 24.0 Å². The molecule has 1 aliphatic rings. The number of nitrogens with two attached hydrogens (primary N) is 1. The highest BCUT2D eigenvalue weighted by atomic mass is 127. The first-order valence-corrected chi connectivity index (χ1v) is 8.09. The monoisotopic (exact) mass is 459 g/mol. The number of nitrogens with zero attached hydrogens (tertiary/aromatic N) is 6. The van der Waals surface area contributed by atoms with Gasteiger partial charge in [0.05, 0.1) is 0 Å². The van der Waals surface area contributed by atoms with Crippen LogP contribution in [0.5, 0.6) is 0 Å².